The molecule has 28 heavy (non-hydrogen) atoms. The molecule has 0 aromatic heterocycles. The number of rotatable bonds is 8. The van der Waals surface area contributed by atoms with E-state index in [2.05, 4.69) is 41.1 Å². The van der Waals surface area contributed by atoms with Gasteiger partial charge in [-0.1, -0.05) is 19.1 Å². The zero-order valence-corrected chi connectivity index (χ0v) is 20.2. The molecule has 0 aliphatic carbocycles. The number of nitrogens with one attached hydrogen (secondary N) is 2. The number of likely N-dealkylation sites (N-methyl/N-ethyl adjacent to an activating group) is 1. The first-order chi connectivity index (χ1) is 13.2. The molecule has 0 bridgehead atoms. The van der Waals surface area contributed by atoms with Gasteiger partial charge in [0.25, 0.3) is 5.91 Å². The van der Waals surface area contributed by atoms with Crippen molar-refractivity contribution in [1.82, 2.24) is 15.5 Å². The zero-order valence-electron chi connectivity index (χ0n) is 17.1. The van der Waals surface area contributed by atoms with Crippen LogP contribution in [0, 0.1) is 0 Å². The average molecular weight is 520 g/mol. The van der Waals surface area contributed by atoms with Crippen molar-refractivity contribution in [3.05, 3.63) is 29.8 Å². The third-order valence-corrected chi connectivity index (χ3v) is 5.65. The van der Waals surface area contributed by atoms with E-state index in [-0.39, 0.29) is 36.5 Å². The van der Waals surface area contributed by atoms with Crippen LogP contribution in [-0.2, 0) is 11.3 Å². The molecule has 2 N–H and O–H groups in total. The van der Waals surface area contributed by atoms with Crippen LogP contribution in [0.5, 0.6) is 5.75 Å². The SMILES string of the molecule is CCNC(=O)COc1cccc(CN=C(NCC)N2CCSC(CC)C2)c1.I. The van der Waals surface area contributed by atoms with Crippen LogP contribution < -0.4 is 15.4 Å². The van der Waals surface area contributed by atoms with Gasteiger partial charge in [-0.3, -0.25) is 4.79 Å². The molecule has 158 valence electrons. The lowest BCUT2D eigenvalue weighted by Crippen LogP contribution is -2.48. The zero-order chi connectivity index (χ0) is 19.5. The Balaban J connectivity index is 0.00000392. The second-order valence-corrected chi connectivity index (χ2v) is 7.82. The number of nitrogens with zero attached hydrogens (tertiary/aromatic N) is 2. The fraction of sp³-hybridized carbons (Fsp3) is 0.600. The summed E-state index contributed by atoms with van der Waals surface area (Å²) in [5.74, 6) is 2.71. The van der Waals surface area contributed by atoms with Gasteiger partial charge in [-0.05, 0) is 38.0 Å². The molecule has 2 rings (SSSR count). The Bertz CT molecular complexity index is 630. The maximum Gasteiger partial charge on any atom is 0.257 e. The lowest BCUT2D eigenvalue weighted by Gasteiger charge is -2.34. The fourth-order valence-electron chi connectivity index (χ4n) is 2.88. The van der Waals surface area contributed by atoms with E-state index in [1.807, 2.05) is 31.2 Å². The van der Waals surface area contributed by atoms with Crippen molar-refractivity contribution >= 4 is 47.6 Å². The van der Waals surface area contributed by atoms with Gasteiger partial charge in [0.2, 0.25) is 0 Å². The number of guanidine groups is 1. The Hall–Kier alpha value is -1.16. The van der Waals surface area contributed by atoms with Gasteiger partial charge in [0.15, 0.2) is 12.6 Å². The summed E-state index contributed by atoms with van der Waals surface area (Å²) in [5.41, 5.74) is 1.07. The monoisotopic (exact) mass is 520 g/mol. The number of carbonyl (C=O) groups excluding carboxylic acids is 1. The van der Waals surface area contributed by atoms with Crippen LogP contribution in [0.2, 0.25) is 0 Å². The Labute approximate surface area is 190 Å². The number of benzene rings is 1. The van der Waals surface area contributed by atoms with Crippen LogP contribution in [0.3, 0.4) is 0 Å². The van der Waals surface area contributed by atoms with Crippen LogP contribution in [0.4, 0.5) is 0 Å². The molecule has 1 saturated heterocycles. The largest absolute Gasteiger partial charge is 0.484 e. The minimum Gasteiger partial charge on any atom is -0.484 e. The normalized spacial score (nSPS) is 16.9. The highest BCUT2D eigenvalue weighted by Crippen LogP contribution is 2.21. The first-order valence-corrected chi connectivity index (χ1v) is 10.8. The van der Waals surface area contributed by atoms with Gasteiger partial charge in [-0.2, -0.15) is 11.8 Å². The summed E-state index contributed by atoms with van der Waals surface area (Å²) in [5, 5.41) is 6.82. The predicted molar refractivity (Wildman–Crippen MR) is 129 cm³/mol. The predicted octanol–water partition coefficient (Wildman–Crippen LogP) is 3.11. The van der Waals surface area contributed by atoms with Crippen molar-refractivity contribution in [2.45, 2.75) is 39.0 Å². The number of halogens is 1. The lowest BCUT2D eigenvalue weighted by atomic mass is 10.2. The molecule has 6 nitrogen and oxygen atoms in total. The van der Waals surface area contributed by atoms with Crippen molar-refractivity contribution in [1.29, 1.82) is 0 Å². The fourth-order valence-corrected chi connectivity index (χ4v) is 4.06. The lowest BCUT2D eigenvalue weighted by molar-refractivity contribution is -0.122. The van der Waals surface area contributed by atoms with Crippen LogP contribution in [0.1, 0.15) is 32.8 Å². The van der Waals surface area contributed by atoms with E-state index in [0.29, 0.717) is 24.1 Å². The molecule has 1 atom stereocenters. The van der Waals surface area contributed by atoms with Gasteiger partial charge in [0, 0.05) is 37.2 Å². The smallest absolute Gasteiger partial charge is 0.257 e. The van der Waals surface area contributed by atoms with E-state index in [4.69, 9.17) is 9.73 Å². The Morgan fingerprint density at radius 1 is 1.29 bits per heavy atom. The van der Waals surface area contributed by atoms with E-state index in [1.165, 1.54) is 6.42 Å². The molecule has 1 unspecified atom stereocenters. The molecule has 1 aromatic rings. The molecule has 1 amide bonds. The van der Waals surface area contributed by atoms with Gasteiger partial charge in [-0.15, -0.1) is 24.0 Å². The molecule has 1 aliphatic rings. The Kier molecular flexibility index (Phi) is 12.4. The maximum atomic E-state index is 11.5. The summed E-state index contributed by atoms with van der Waals surface area (Å²) in [4.78, 5) is 18.7. The summed E-state index contributed by atoms with van der Waals surface area (Å²) < 4.78 is 5.57. The van der Waals surface area contributed by atoms with E-state index in [9.17, 15) is 4.79 Å². The number of thioether (sulfide) groups is 1. The molecule has 0 saturated carbocycles. The molecule has 1 aliphatic heterocycles. The topological polar surface area (TPSA) is 66.0 Å². The minimum atomic E-state index is -0.108. The maximum absolute atomic E-state index is 11.5. The van der Waals surface area contributed by atoms with Crippen LogP contribution >= 0.6 is 35.7 Å². The van der Waals surface area contributed by atoms with Gasteiger partial charge >= 0.3 is 0 Å². The first-order valence-electron chi connectivity index (χ1n) is 9.79. The van der Waals surface area contributed by atoms with Crippen molar-refractivity contribution in [2.24, 2.45) is 4.99 Å². The molecule has 1 fully saturated rings. The summed E-state index contributed by atoms with van der Waals surface area (Å²) >= 11 is 2.06. The van der Waals surface area contributed by atoms with E-state index < -0.39 is 0 Å². The Morgan fingerprint density at radius 2 is 2.07 bits per heavy atom. The highest BCUT2D eigenvalue weighted by Gasteiger charge is 2.21. The van der Waals surface area contributed by atoms with Crippen molar-refractivity contribution < 1.29 is 9.53 Å². The number of hydrogen-bond acceptors (Lipinski definition) is 4. The summed E-state index contributed by atoms with van der Waals surface area (Å²) in [6.45, 7) is 10.4. The first kappa shape index (κ1) is 24.9. The summed E-state index contributed by atoms with van der Waals surface area (Å²) in [7, 11) is 0. The molecule has 0 spiro atoms. The average Bonchev–Trinajstić information content (AvgIpc) is 2.70. The molecule has 1 heterocycles. The van der Waals surface area contributed by atoms with Crippen molar-refractivity contribution in [3.8, 4) is 5.75 Å². The van der Waals surface area contributed by atoms with Gasteiger partial charge in [0.1, 0.15) is 5.75 Å². The summed E-state index contributed by atoms with van der Waals surface area (Å²) in [6.07, 6.45) is 1.19. The number of hydrogen-bond donors (Lipinski definition) is 2. The van der Waals surface area contributed by atoms with Gasteiger partial charge < -0.3 is 20.3 Å². The Morgan fingerprint density at radius 3 is 2.79 bits per heavy atom. The highest BCUT2D eigenvalue weighted by atomic mass is 127. The highest BCUT2D eigenvalue weighted by molar-refractivity contribution is 14.0. The third kappa shape index (κ3) is 8.46. The van der Waals surface area contributed by atoms with Crippen LogP contribution in [-0.4, -0.2) is 60.6 Å². The van der Waals surface area contributed by atoms with Crippen molar-refractivity contribution in [2.75, 3.05) is 38.5 Å². The molecular formula is C20H33IN4O2S. The van der Waals surface area contributed by atoms with Crippen LogP contribution in [0.15, 0.2) is 29.3 Å². The van der Waals surface area contributed by atoms with Crippen molar-refractivity contribution in [3.63, 3.8) is 0 Å². The molecule has 0 radical (unpaired) electrons. The number of carbonyl (C=O) groups is 1. The van der Waals surface area contributed by atoms with E-state index in [0.717, 1.165) is 36.9 Å². The second-order valence-electron chi connectivity index (χ2n) is 6.41. The number of amides is 1. The summed E-state index contributed by atoms with van der Waals surface area (Å²) in [6, 6.07) is 7.79. The van der Waals surface area contributed by atoms with E-state index >= 15 is 0 Å². The number of aliphatic imine (C=N–C) groups is 1. The standard InChI is InChI=1S/C20H32N4O2S.HI/c1-4-18-14-24(10-11-27-18)20(22-6-3)23-13-16-8-7-9-17(12-16)26-15-19(25)21-5-2;/h7-9,12,18H,4-6,10-11,13-15H2,1-3H3,(H,21,25)(H,22,23);1H. The molecular weight excluding hydrogens is 487 g/mol. The van der Waals surface area contributed by atoms with Crippen LogP contribution in [0.25, 0.3) is 0 Å². The molecule has 8 heteroatoms. The second kappa shape index (κ2) is 13.9. The van der Waals surface area contributed by atoms with E-state index in [1.54, 1.807) is 0 Å². The molecule has 1 aromatic carbocycles. The quantitative estimate of drug-likeness (QED) is 0.314. The third-order valence-electron chi connectivity index (χ3n) is 4.28. The minimum absolute atomic E-state index is 0. The van der Waals surface area contributed by atoms with Gasteiger partial charge in [-0.25, -0.2) is 4.99 Å². The van der Waals surface area contributed by atoms with Gasteiger partial charge in [0.05, 0.1) is 6.54 Å². The number of ether oxygens (including phenoxy) is 1.